The number of thiophene rings is 2. The van der Waals surface area contributed by atoms with E-state index in [1.165, 1.54) is 14.3 Å². The maximum atomic E-state index is 12.7. The molecule has 2 aliphatic rings. The Bertz CT molecular complexity index is 851. The topological polar surface area (TPSA) is 52.6 Å². The van der Waals surface area contributed by atoms with Crippen LogP contribution in [-0.2, 0) is 20.7 Å². The lowest BCUT2D eigenvalue weighted by Gasteiger charge is -2.37. The van der Waals surface area contributed by atoms with E-state index in [2.05, 4.69) is 13.0 Å². The zero-order valence-electron chi connectivity index (χ0n) is 18.7. The smallest absolute Gasteiger partial charge is 0.348 e. The van der Waals surface area contributed by atoms with Crippen LogP contribution in [0.4, 0.5) is 0 Å². The number of esters is 2. The van der Waals surface area contributed by atoms with E-state index in [4.69, 9.17) is 9.47 Å². The summed E-state index contributed by atoms with van der Waals surface area (Å²) in [5, 5.41) is 0. The zero-order valence-corrected chi connectivity index (χ0v) is 20.3. The van der Waals surface area contributed by atoms with Crippen molar-refractivity contribution in [1.82, 2.24) is 0 Å². The van der Waals surface area contributed by atoms with Crippen molar-refractivity contribution in [2.75, 3.05) is 0 Å². The molecule has 0 bridgehead atoms. The van der Waals surface area contributed by atoms with Crippen LogP contribution in [0.5, 0.6) is 0 Å². The highest BCUT2D eigenvalue weighted by Crippen LogP contribution is 2.40. The Balaban J connectivity index is 1.22. The molecule has 0 radical (unpaired) electrons. The van der Waals surface area contributed by atoms with Crippen LogP contribution in [-0.4, -0.2) is 24.1 Å². The first-order valence-electron chi connectivity index (χ1n) is 12.0. The van der Waals surface area contributed by atoms with Crippen molar-refractivity contribution in [3.8, 4) is 0 Å². The van der Waals surface area contributed by atoms with Gasteiger partial charge in [0.25, 0.3) is 0 Å². The monoisotopic (exact) mass is 462 g/mol. The molecule has 170 valence electrons. The van der Waals surface area contributed by atoms with E-state index in [-0.39, 0.29) is 24.1 Å². The van der Waals surface area contributed by atoms with Crippen LogP contribution in [0.15, 0.2) is 12.1 Å². The van der Waals surface area contributed by atoms with E-state index in [0.29, 0.717) is 6.42 Å². The highest BCUT2D eigenvalue weighted by molar-refractivity contribution is 7.28. The van der Waals surface area contributed by atoms with Crippen molar-refractivity contribution in [2.45, 2.75) is 96.7 Å². The van der Waals surface area contributed by atoms with Crippen molar-refractivity contribution in [3.05, 3.63) is 21.9 Å². The van der Waals surface area contributed by atoms with Crippen LogP contribution in [0.1, 0.15) is 92.6 Å². The van der Waals surface area contributed by atoms with Gasteiger partial charge in [-0.1, -0.05) is 20.3 Å². The first-order valence-corrected chi connectivity index (χ1v) is 13.6. The summed E-state index contributed by atoms with van der Waals surface area (Å²) in [7, 11) is 0. The third-order valence-electron chi connectivity index (χ3n) is 6.92. The van der Waals surface area contributed by atoms with E-state index < -0.39 is 0 Å². The molecule has 0 N–H and O–H groups in total. The lowest BCUT2D eigenvalue weighted by Crippen LogP contribution is -2.31. The van der Waals surface area contributed by atoms with Crippen molar-refractivity contribution in [3.63, 3.8) is 0 Å². The van der Waals surface area contributed by atoms with E-state index in [9.17, 15) is 9.59 Å². The van der Waals surface area contributed by atoms with Crippen molar-refractivity contribution in [1.29, 1.82) is 0 Å². The molecule has 0 spiro atoms. The maximum absolute atomic E-state index is 12.7. The van der Waals surface area contributed by atoms with Crippen molar-refractivity contribution >= 4 is 44.0 Å². The first kappa shape index (κ1) is 22.8. The SMILES string of the molecule is CCCc1cc2sc(C(=O)O[C@H]3CC[C@H]([C@H]4CC[C@H](OC(=O)CC)CC4)CC3)cc2s1. The molecule has 0 amide bonds. The molecule has 0 aliphatic heterocycles. The van der Waals surface area contributed by atoms with Crippen LogP contribution in [0.3, 0.4) is 0 Å². The van der Waals surface area contributed by atoms with Crippen LogP contribution < -0.4 is 0 Å². The van der Waals surface area contributed by atoms with Gasteiger partial charge < -0.3 is 9.47 Å². The minimum Gasteiger partial charge on any atom is -0.462 e. The minimum atomic E-state index is -0.146. The van der Waals surface area contributed by atoms with Gasteiger partial charge in [-0.25, -0.2) is 4.79 Å². The molecule has 31 heavy (non-hydrogen) atoms. The molecular weight excluding hydrogens is 428 g/mol. The van der Waals surface area contributed by atoms with Crippen molar-refractivity contribution in [2.24, 2.45) is 11.8 Å². The van der Waals surface area contributed by atoms with Gasteiger partial charge in [-0.3, -0.25) is 4.79 Å². The molecule has 6 heteroatoms. The number of carbonyl (C=O) groups is 2. The number of ether oxygens (including phenoxy) is 2. The number of hydrogen-bond donors (Lipinski definition) is 0. The molecule has 2 heterocycles. The van der Waals surface area contributed by atoms with Gasteiger partial charge >= 0.3 is 11.9 Å². The summed E-state index contributed by atoms with van der Waals surface area (Å²) in [5.74, 6) is 1.24. The van der Waals surface area contributed by atoms with E-state index in [1.54, 1.807) is 22.7 Å². The molecule has 0 atom stereocenters. The summed E-state index contributed by atoms with van der Waals surface area (Å²) in [6, 6.07) is 4.25. The predicted octanol–water partition coefficient (Wildman–Crippen LogP) is 7.14. The number of hydrogen-bond acceptors (Lipinski definition) is 6. The zero-order chi connectivity index (χ0) is 21.8. The Morgan fingerprint density at radius 1 is 0.839 bits per heavy atom. The molecule has 4 rings (SSSR count). The van der Waals surface area contributed by atoms with Crippen LogP contribution in [0.2, 0.25) is 0 Å². The van der Waals surface area contributed by atoms with Crippen LogP contribution >= 0.6 is 22.7 Å². The Kier molecular flexibility index (Phi) is 7.70. The van der Waals surface area contributed by atoms with E-state index in [0.717, 1.165) is 80.9 Å². The summed E-state index contributed by atoms with van der Waals surface area (Å²) in [5.41, 5.74) is 0. The van der Waals surface area contributed by atoms with Gasteiger partial charge in [0.2, 0.25) is 0 Å². The highest BCUT2D eigenvalue weighted by atomic mass is 32.1. The molecule has 0 saturated heterocycles. The third-order valence-corrected chi connectivity index (χ3v) is 9.25. The average molecular weight is 463 g/mol. The molecule has 4 nitrogen and oxygen atoms in total. The van der Waals surface area contributed by atoms with Crippen LogP contribution in [0, 0.1) is 11.8 Å². The lowest BCUT2D eigenvalue weighted by molar-refractivity contribution is -0.150. The largest absolute Gasteiger partial charge is 0.462 e. The predicted molar refractivity (Wildman–Crippen MR) is 127 cm³/mol. The molecule has 2 aromatic rings. The second kappa shape index (κ2) is 10.5. The number of rotatable bonds is 7. The Hall–Kier alpha value is -1.40. The fourth-order valence-corrected chi connectivity index (χ4v) is 7.60. The Labute approximate surface area is 193 Å². The summed E-state index contributed by atoms with van der Waals surface area (Å²) in [4.78, 5) is 26.3. The third kappa shape index (κ3) is 5.70. The van der Waals surface area contributed by atoms with Gasteiger partial charge in [0.05, 0.1) is 0 Å². The minimum absolute atomic E-state index is 0.0568. The van der Waals surface area contributed by atoms with Gasteiger partial charge in [-0.2, -0.15) is 0 Å². The Morgan fingerprint density at radius 3 is 1.97 bits per heavy atom. The molecule has 2 aliphatic carbocycles. The number of carbonyl (C=O) groups excluding carboxylic acids is 2. The maximum Gasteiger partial charge on any atom is 0.348 e. The van der Waals surface area contributed by atoms with E-state index >= 15 is 0 Å². The normalized spacial score (nSPS) is 26.6. The number of fused-ring (bicyclic) bond motifs is 1. The molecule has 0 unspecified atom stereocenters. The highest BCUT2D eigenvalue weighted by Gasteiger charge is 2.33. The average Bonchev–Trinajstić information content (AvgIpc) is 3.34. The van der Waals surface area contributed by atoms with E-state index in [1.807, 2.05) is 13.0 Å². The molecular formula is C25H34O4S2. The fraction of sp³-hybridized carbons (Fsp3) is 0.680. The summed E-state index contributed by atoms with van der Waals surface area (Å²) >= 11 is 3.37. The van der Waals surface area contributed by atoms with Crippen molar-refractivity contribution < 1.29 is 19.1 Å². The molecule has 2 saturated carbocycles. The molecule has 2 fully saturated rings. The summed E-state index contributed by atoms with van der Waals surface area (Å²) < 4.78 is 13.8. The lowest BCUT2D eigenvalue weighted by atomic mass is 9.72. The van der Waals surface area contributed by atoms with Gasteiger partial charge in [-0.15, -0.1) is 22.7 Å². The second-order valence-electron chi connectivity index (χ2n) is 9.12. The van der Waals surface area contributed by atoms with Gasteiger partial charge in [0.1, 0.15) is 17.1 Å². The van der Waals surface area contributed by atoms with Gasteiger partial charge in [0.15, 0.2) is 0 Å². The Morgan fingerprint density at radius 2 is 1.42 bits per heavy atom. The molecule has 2 aromatic heterocycles. The quantitative estimate of drug-likeness (QED) is 0.410. The summed E-state index contributed by atoms with van der Waals surface area (Å²) in [6.07, 6.45) is 11.5. The standard InChI is InChI=1S/C25H34O4S2/c1-3-5-20-14-21-22(30-20)15-23(31-21)25(27)29-19-12-8-17(9-13-19)16-6-10-18(11-7-16)28-24(26)4-2/h14-19H,3-13H2,1-2H3/t16-,17-,18-,19-. The first-order chi connectivity index (χ1) is 15.1. The van der Waals surface area contributed by atoms with Gasteiger partial charge in [-0.05, 0) is 81.8 Å². The number of aryl methyl sites for hydroxylation is 1. The second-order valence-corrected chi connectivity index (χ2v) is 11.4. The van der Waals surface area contributed by atoms with Gasteiger partial charge in [0, 0.05) is 20.7 Å². The fourth-order valence-electron chi connectivity index (χ4n) is 5.19. The summed E-state index contributed by atoms with van der Waals surface area (Å²) in [6.45, 7) is 4.05. The molecule has 0 aromatic carbocycles. The van der Waals surface area contributed by atoms with Crippen LogP contribution in [0.25, 0.3) is 9.40 Å².